The molecule has 0 atom stereocenters. The Balaban J connectivity index is 1.70. The Kier molecular flexibility index (Phi) is 5.11. The van der Waals surface area contributed by atoms with Crippen LogP contribution < -0.4 is 15.7 Å². The van der Waals surface area contributed by atoms with Gasteiger partial charge in [-0.2, -0.15) is 0 Å². The Morgan fingerprint density at radius 3 is 2.59 bits per heavy atom. The molecule has 0 aliphatic rings. The summed E-state index contributed by atoms with van der Waals surface area (Å²) in [5.74, 6) is 0.263. The van der Waals surface area contributed by atoms with Gasteiger partial charge in [-0.1, -0.05) is 30.3 Å². The topological polar surface area (TPSA) is 78.1 Å². The van der Waals surface area contributed by atoms with E-state index >= 15 is 0 Å². The quantitative estimate of drug-likeness (QED) is 0.550. The lowest BCUT2D eigenvalue weighted by atomic mass is 10.3. The molecule has 0 saturated carbocycles. The predicted octanol–water partition coefficient (Wildman–Crippen LogP) is 3.22. The Labute approximate surface area is 167 Å². The summed E-state index contributed by atoms with van der Waals surface area (Å²) >= 11 is 0. The Morgan fingerprint density at radius 1 is 1.03 bits per heavy atom. The molecule has 0 spiro atoms. The highest BCUT2D eigenvalue weighted by atomic mass is 16.5. The molecule has 2 aromatic heterocycles. The molecule has 7 nitrogen and oxygen atoms in total. The summed E-state index contributed by atoms with van der Waals surface area (Å²) in [4.78, 5) is 30.2. The number of amides is 1. The molecule has 146 valence electrons. The third-order valence-corrected chi connectivity index (χ3v) is 4.47. The van der Waals surface area contributed by atoms with E-state index in [-0.39, 0.29) is 18.1 Å². The molecule has 0 bridgehead atoms. The summed E-state index contributed by atoms with van der Waals surface area (Å²) in [6.45, 7) is 2.23. The number of fused-ring (bicyclic) bond motifs is 1. The van der Waals surface area contributed by atoms with Gasteiger partial charge >= 0.3 is 5.69 Å². The Morgan fingerprint density at radius 2 is 1.79 bits per heavy atom. The van der Waals surface area contributed by atoms with E-state index < -0.39 is 0 Å². The van der Waals surface area contributed by atoms with Crippen molar-refractivity contribution in [3.63, 3.8) is 0 Å². The van der Waals surface area contributed by atoms with E-state index in [1.807, 2.05) is 49.4 Å². The van der Waals surface area contributed by atoms with E-state index in [4.69, 9.17) is 4.74 Å². The number of hydrogen-bond donors (Lipinski definition) is 1. The van der Waals surface area contributed by atoms with Crippen LogP contribution in [0.15, 0.2) is 77.7 Å². The molecule has 7 heteroatoms. The van der Waals surface area contributed by atoms with Crippen molar-refractivity contribution in [1.82, 2.24) is 14.1 Å². The van der Waals surface area contributed by atoms with Gasteiger partial charge < -0.3 is 10.1 Å². The lowest BCUT2D eigenvalue weighted by Crippen LogP contribution is -2.29. The van der Waals surface area contributed by atoms with Crippen LogP contribution in [-0.2, 0) is 11.3 Å². The lowest BCUT2D eigenvalue weighted by molar-refractivity contribution is -0.116. The smallest absolute Gasteiger partial charge is 0.335 e. The summed E-state index contributed by atoms with van der Waals surface area (Å²) < 4.78 is 8.48. The fourth-order valence-electron chi connectivity index (χ4n) is 3.23. The first-order chi connectivity index (χ1) is 14.2. The maximum Gasteiger partial charge on any atom is 0.335 e. The second-order valence-corrected chi connectivity index (χ2v) is 6.36. The molecule has 0 aliphatic heterocycles. The zero-order chi connectivity index (χ0) is 20.2. The van der Waals surface area contributed by atoms with E-state index in [1.54, 1.807) is 30.5 Å². The number of aromatic nitrogens is 3. The summed E-state index contributed by atoms with van der Waals surface area (Å²) in [5.41, 5.74) is 2.04. The molecule has 2 aromatic carbocycles. The van der Waals surface area contributed by atoms with E-state index in [1.165, 1.54) is 9.13 Å². The van der Waals surface area contributed by atoms with Crippen LogP contribution in [-0.4, -0.2) is 26.6 Å². The fourth-order valence-corrected chi connectivity index (χ4v) is 3.23. The molecule has 0 fully saturated rings. The van der Waals surface area contributed by atoms with Gasteiger partial charge in [-0.15, -0.1) is 0 Å². The monoisotopic (exact) mass is 388 g/mol. The van der Waals surface area contributed by atoms with Crippen molar-refractivity contribution >= 4 is 22.8 Å². The standard InChI is InChI=1S/C22H20N4O3/c1-2-29-19-13-7-6-11-17(19)24-20(27)15-25-18-12-8-14-23-21(18)26(22(25)28)16-9-4-3-5-10-16/h3-14H,2,15H2,1H3,(H,24,27). The first-order valence-corrected chi connectivity index (χ1v) is 9.32. The number of benzene rings is 2. The van der Waals surface area contributed by atoms with Gasteiger partial charge in [0, 0.05) is 6.20 Å². The van der Waals surface area contributed by atoms with Crippen LogP contribution in [0, 0.1) is 0 Å². The van der Waals surface area contributed by atoms with Crippen LogP contribution in [0.25, 0.3) is 16.9 Å². The lowest BCUT2D eigenvalue weighted by Gasteiger charge is -2.11. The molecule has 1 amide bonds. The minimum atomic E-state index is -0.324. The number of carbonyl (C=O) groups is 1. The number of carbonyl (C=O) groups excluding carboxylic acids is 1. The maximum absolute atomic E-state index is 13.1. The summed E-state index contributed by atoms with van der Waals surface area (Å²) in [5, 5.41) is 2.83. The number of imidazole rings is 1. The molecule has 29 heavy (non-hydrogen) atoms. The molecule has 0 unspecified atom stereocenters. The van der Waals surface area contributed by atoms with E-state index in [0.29, 0.717) is 34.9 Å². The van der Waals surface area contributed by atoms with Crippen molar-refractivity contribution in [1.29, 1.82) is 0 Å². The number of rotatable bonds is 6. The van der Waals surface area contributed by atoms with Gasteiger partial charge in [0.15, 0.2) is 5.65 Å². The molecule has 2 heterocycles. The maximum atomic E-state index is 13.1. The van der Waals surface area contributed by atoms with Gasteiger partial charge in [0.25, 0.3) is 0 Å². The van der Waals surface area contributed by atoms with Crippen LogP contribution in [0.3, 0.4) is 0 Å². The number of ether oxygens (including phenoxy) is 1. The van der Waals surface area contributed by atoms with Gasteiger partial charge in [-0.3, -0.25) is 9.36 Å². The zero-order valence-corrected chi connectivity index (χ0v) is 15.9. The molecular weight excluding hydrogens is 368 g/mol. The Hall–Kier alpha value is -3.87. The molecule has 4 rings (SSSR count). The third kappa shape index (κ3) is 3.62. The molecule has 0 aliphatic carbocycles. The zero-order valence-electron chi connectivity index (χ0n) is 15.9. The molecular formula is C22H20N4O3. The highest BCUT2D eigenvalue weighted by Gasteiger charge is 2.18. The van der Waals surface area contributed by atoms with Crippen LogP contribution >= 0.6 is 0 Å². The third-order valence-electron chi connectivity index (χ3n) is 4.47. The number of nitrogens with one attached hydrogen (secondary N) is 1. The minimum Gasteiger partial charge on any atom is -0.492 e. The SMILES string of the molecule is CCOc1ccccc1NC(=O)Cn1c(=O)n(-c2ccccc2)c2ncccc21. The summed E-state index contributed by atoms with van der Waals surface area (Å²) in [6, 6.07) is 20.0. The normalized spacial score (nSPS) is 10.8. The van der Waals surface area contributed by atoms with E-state index in [9.17, 15) is 9.59 Å². The van der Waals surface area contributed by atoms with Crippen molar-refractivity contribution in [2.45, 2.75) is 13.5 Å². The fraction of sp³-hybridized carbons (Fsp3) is 0.136. The average molecular weight is 388 g/mol. The van der Waals surface area contributed by atoms with Gasteiger partial charge in [0.05, 0.1) is 23.5 Å². The van der Waals surface area contributed by atoms with Gasteiger partial charge in [0.2, 0.25) is 5.91 Å². The predicted molar refractivity (Wildman–Crippen MR) is 112 cm³/mol. The number of para-hydroxylation sites is 3. The van der Waals surface area contributed by atoms with Crippen LogP contribution in [0.1, 0.15) is 6.92 Å². The largest absolute Gasteiger partial charge is 0.492 e. The van der Waals surface area contributed by atoms with Crippen molar-refractivity contribution in [2.75, 3.05) is 11.9 Å². The van der Waals surface area contributed by atoms with Crippen LogP contribution in [0.4, 0.5) is 5.69 Å². The van der Waals surface area contributed by atoms with Gasteiger partial charge in [-0.05, 0) is 43.3 Å². The number of anilines is 1. The molecule has 0 saturated heterocycles. The van der Waals surface area contributed by atoms with E-state index in [2.05, 4.69) is 10.3 Å². The Bertz CT molecular complexity index is 1210. The van der Waals surface area contributed by atoms with Crippen molar-refractivity contribution in [2.24, 2.45) is 0 Å². The highest BCUT2D eigenvalue weighted by molar-refractivity contribution is 5.93. The highest BCUT2D eigenvalue weighted by Crippen LogP contribution is 2.23. The van der Waals surface area contributed by atoms with Crippen LogP contribution in [0.5, 0.6) is 5.75 Å². The van der Waals surface area contributed by atoms with Crippen molar-refractivity contribution < 1.29 is 9.53 Å². The van der Waals surface area contributed by atoms with Gasteiger partial charge in [0.1, 0.15) is 12.3 Å². The first kappa shape index (κ1) is 18.5. The summed E-state index contributed by atoms with van der Waals surface area (Å²) in [6.07, 6.45) is 1.63. The van der Waals surface area contributed by atoms with E-state index in [0.717, 1.165) is 0 Å². The second kappa shape index (κ2) is 8.02. The average Bonchev–Trinajstić information content (AvgIpc) is 3.02. The minimum absolute atomic E-state index is 0.138. The second-order valence-electron chi connectivity index (χ2n) is 6.36. The number of pyridine rings is 1. The molecule has 0 radical (unpaired) electrons. The number of nitrogens with zero attached hydrogens (tertiary/aromatic N) is 3. The van der Waals surface area contributed by atoms with Gasteiger partial charge in [-0.25, -0.2) is 14.3 Å². The number of hydrogen-bond acceptors (Lipinski definition) is 4. The molecule has 4 aromatic rings. The molecule has 1 N–H and O–H groups in total. The first-order valence-electron chi connectivity index (χ1n) is 9.32. The summed E-state index contributed by atoms with van der Waals surface area (Å²) in [7, 11) is 0. The van der Waals surface area contributed by atoms with Crippen molar-refractivity contribution in [3.05, 3.63) is 83.4 Å². The van der Waals surface area contributed by atoms with Crippen molar-refractivity contribution in [3.8, 4) is 11.4 Å². The van der Waals surface area contributed by atoms with Crippen LogP contribution in [0.2, 0.25) is 0 Å².